The van der Waals surface area contributed by atoms with Crippen LogP contribution in [-0.4, -0.2) is 60.4 Å². The molecule has 6 nitrogen and oxygen atoms in total. The van der Waals surface area contributed by atoms with Crippen LogP contribution in [0.1, 0.15) is 33.6 Å². The molecule has 2 aliphatic carbocycles. The van der Waals surface area contributed by atoms with Gasteiger partial charge in [-0.15, -0.1) is 0 Å². The molecule has 2 saturated carbocycles. The van der Waals surface area contributed by atoms with Crippen molar-refractivity contribution < 1.29 is 9.59 Å². The molecule has 1 amide bonds. The summed E-state index contributed by atoms with van der Waals surface area (Å²) in [5.41, 5.74) is 2.54. The lowest BCUT2D eigenvalue weighted by Gasteiger charge is -2.42. The summed E-state index contributed by atoms with van der Waals surface area (Å²) in [6, 6.07) is 9.63. The summed E-state index contributed by atoms with van der Waals surface area (Å²) in [6.07, 6.45) is 1.42. The van der Waals surface area contributed by atoms with Crippen molar-refractivity contribution in [1.29, 1.82) is 0 Å². The molecule has 4 rings (SSSR count). The molecule has 2 atom stereocenters. The molecule has 1 aliphatic heterocycles. The van der Waals surface area contributed by atoms with E-state index in [1.54, 1.807) is 0 Å². The molecule has 2 unspecified atom stereocenters. The van der Waals surface area contributed by atoms with Gasteiger partial charge in [-0.3, -0.25) is 15.0 Å². The van der Waals surface area contributed by atoms with Crippen molar-refractivity contribution in [3.8, 4) is 0 Å². The zero-order chi connectivity index (χ0) is 20.2. The standard InChI is InChI=1S/C22H30N4O2/c1-20(2)21(3)10-11-22(20,19(28)26-14-12-25(4)13-15-26)18(27)17(21)24-23-16-8-6-5-7-9-16/h5-9,23H,10-15H2,1-4H3. The molecule has 0 spiro atoms. The zero-order valence-corrected chi connectivity index (χ0v) is 17.3. The molecule has 1 aromatic rings. The number of Topliss-reactive ketones (excluding diaryl/α,β-unsaturated/α-hetero) is 1. The average Bonchev–Trinajstić information content (AvgIpc) is 2.96. The Labute approximate surface area is 167 Å². The van der Waals surface area contributed by atoms with Crippen LogP contribution >= 0.6 is 0 Å². The number of nitrogens with one attached hydrogen (secondary N) is 1. The molecule has 0 radical (unpaired) electrons. The fourth-order valence-corrected chi connectivity index (χ4v) is 5.36. The van der Waals surface area contributed by atoms with Crippen molar-refractivity contribution >= 4 is 23.1 Å². The lowest BCUT2D eigenvalue weighted by atomic mass is 9.64. The lowest BCUT2D eigenvalue weighted by molar-refractivity contribution is -0.154. The van der Waals surface area contributed by atoms with Crippen LogP contribution in [0.3, 0.4) is 0 Å². The van der Waals surface area contributed by atoms with Crippen molar-refractivity contribution in [2.45, 2.75) is 33.6 Å². The van der Waals surface area contributed by atoms with Crippen molar-refractivity contribution in [2.75, 3.05) is 38.7 Å². The van der Waals surface area contributed by atoms with Crippen LogP contribution in [0.15, 0.2) is 35.4 Å². The maximum absolute atomic E-state index is 13.7. The molecule has 3 aliphatic rings. The molecular formula is C22H30N4O2. The van der Waals surface area contributed by atoms with E-state index in [4.69, 9.17) is 0 Å². The minimum atomic E-state index is -0.991. The Kier molecular flexibility index (Phi) is 4.38. The third kappa shape index (κ3) is 2.40. The lowest BCUT2D eigenvalue weighted by Crippen LogP contribution is -2.56. The smallest absolute Gasteiger partial charge is 0.237 e. The van der Waals surface area contributed by atoms with Crippen LogP contribution in [0.4, 0.5) is 5.69 Å². The number of likely N-dealkylation sites (N-methyl/N-ethyl adjacent to an activating group) is 1. The third-order valence-corrected chi connectivity index (χ3v) is 7.80. The Morgan fingerprint density at radius 2 is 1.68 bits per heavy atom. The Morgan fingerprint density at radius 1 is 1.04 bits per heavy atom. The maximum Gasteiger partial charge on any atom is 0.237 e. The molecule has 6 heteroatoms. The number of carbonyl (C=O) groups excluding carboxylic acids is 2. The second-order valence-electron chi connectivity index (χ2n) is 9.23. The van der Waals surface area contributed by atoms with Gasteiger partial charge in [0.2, 0.25) is 5.91 Å². The second-order valence-corrected chi connectivity index (χ2v) is 9.23. The largest absolute Gasteiger partial charge is 0.339 e. The van der Waals surface area contributed by atoms with Crippen molar-refractivity contribution in [2.24, 2.45) is 21.3 Å². The average molecular weight is 383 g/mol. The predicted molar refractivity (Wildman–Crippen MR) is 110 cm³/mol. The highest BCUT2D eigenvalue weighted by Crippen LogP contribution is 2.69. The van der Waals surface area contributed by atoms with Crippen molar-refractivity contribution in [3.05, 3.63) is 30.3 Å². The predicted octanol–water partition coefficient (Wildman–Crippen LogP) is 2.62. The monoisotopic (exact) mass is 382 g/mol. The van der Waals surface area contributed by atoms with E-state index in [0.29, 0.717) is 25.2 Å². The molecule has 1 N–H and O–H groups in total. The molecule has 3 fully saturated rings. The SMILES string of the molecule is CN1CCN(C(=O)C23CCC(C)(C(=NNc4ccccc4)C2=O)C3(C)C)CC1. The van der Waals surface area contributed by atoms with Gasteiger partial charge in [0.15, 0.2) is 5.78 Å². The van der Waals surface area contributed by atoms with E-state index in [0.717, 1.165) is 25.2 Å². The second kappa shape index (κ2) is 6.41. The summed E-state index contributed by atoms with van der Waals surface area (Å²) >= 11 is 0. The van der Waals surface area contributed by atoms with E-state index in [-0.39, 0.29) is 11.7 Å². The van der Waals surface area contributed by atoms with Gasteiger partial charge in [0.1, 0.15) is 11.1 Å². The fraction of sp³-hybridized carbons (Fsp3) is 0.591. The van der Waals surface area contributed by atoms with Gasteiger partial charge < -0.3 is 9.80 Å². The first-order valence-corrected chi connectivity index (χ1v) is 10.2. The van der Waals surface area contributed by atoms with Crippen LogP contribution in [0, 0.1) is 16.2 Å². The highest BCUT2D eigenvalue weighted by Gasteiger charge is 2.77. The molecule has 2 bridgehead atoms. The van der Waals surface area contributed by atoms with Gasteiger partial charge in [0, 0.05) is 31.6 Å². The third-order valence-electron chi connectivity index (χ3n) is 7.80. The molecule has 150 valence electrons. The molecule has 1 aromatic carbocycles. The van der Waals surface area contributed by atoms with Crippen LogP contribution < -0.4 is 5.43 Å². The first-order chi connectivity index (χ1) is 13.2. The number of fused-ring (bicyclic) bond motifs is 2. The van der Waals surface area contributed by atoms with E-state index in [1.165, 1.54) is 0 Å². The Hall–Kier alpha value is -2.21. The fourth-order valence-electron chi connectivity index (χ4n) is 5.36. The van der Waals surface area contributed by atoms with Crippen LogP contribution in [-0.2, 0) is 9.59 Å². The summed E-state index contributed by atoms with van der Waals surface area (Å²) in [7, 11) is 2.07. The van der Waals surface area contributed by atoms with Gasteiger partial charge in [-0.25, -0.2) is 0 Å². The quantitative estimate of drug-likeness (QED) is 0.645. The number of hydrazone groups is 1. The number of hydrogen-bond acceptors (Lipinski definition) is 5. The zero-order valence-electron chi connectivity index (χ0n) is 17.3. The van der Waals surface area contributed by atoms with E-state index >= 15 is 0 Å². The first kappa shape index (κ1) is 19.1. The van der Waals surface area contributed by atoms with Gasteiger partial charge in [0.25, 0.3) is 0 Å². The van der Waals surface area contributed by atoms with Gasteiger partial charge >= 0.3 is 0 Å². The highest BCUT2D eigenvalue weighted by molar-refractivity contribution is 6.50. The summed E-state index contributed by atoms with van der Waals surface area (Å²) < 4.78 is 0. The number of benzene rings is 1. The Morgan fingerprint density at radius 3 is 2.32 bits per heavy atom. The van der Waals surface area contributed by atoms with Gasteiger partial charge in [-0.2, -0.15) is 5.10 Å². The van der Waals surface area contributed by atoms with Crippen molar-refractivity contribution in [3.63, 3.8) is 0 Å². The number of rotatable bonds is 3. The molecule has 0 aromatic heterocycles. The highest BCUT2D eigenvalue weighted by atomic mass is 16.2. The van der Waals surface area contributed by atoms with E-state index < -0.39 is 16.2 Å². The summed E-state index contributed by atoms with van der Waals surface area (Å²) in [5.74, 6) is -0.0807. The maximum atomic E-state index is 13.7. The van der Waals surface area contributed by atoms with Crippen molar-refractivity contribution in [1.82, 2.24) is 9.80 Å². The number of ketones is 1. The van der Waals surface area contributed by atoms with Gasteiger partial charge in [-0.05, 0) is 37.4 Å². The van der Waals surface area contributed by atoms with E-state index in [2.05, 4.69) is 43.2 Å². The minimum absolute atomic E-state index is 0.00392. The number of nitrogens with zero attached hydrogens (tertiary/aromatic N) is 3. The van der Waals surface area contributed by atoms with Crippen LogP contribution in [0.2, 0.25) is 0 Å². The molecule has 28 heavy (non-hydrogen) atoms. The van der Waals surface area contributed by atoms with E-state index in [9.17, 15) is 9.59 Å². The Bertz CT molecular complexity index is 826. The number of carbonyl (C=O) groups is 2. The minimum Gasteiger partial charge on any atom is -0.339 e. The number of anilines is 1. The Balaban J connectivity index is 1.68. The summed E-state index contributed by atoms with van der Waals surface area (Å²) in [4.78, 5) is 31.5. The van der Waals surface area contributed by atoms with Gasteiger partial charge in [-0.1, -0.05) is 39.0 Å². The summed E-state index contributed by atoms with van der Waals surface area (Å²) in [5, 5.41) is 4.55. The number of amides is 1. The number of piperazine rings is 1. The molecular weight excluding hydrogens is 352 g/mol. The van der Waals surface area contributed by atoms with E-state index in [1.807, 2.05) is 35.2 Å². The molecule has 1 heterocycles. The normalized spacial score (nSPS) is 33.5. The van der Waals surface area contributed by atoms with Crippen LogP contribution in [0.25, 0.3) is 0 Å². The molecule has 1 saturated heterocycles. The number of hydrogen-bond donors (Lipinski definition) is 1. The first-order valence-electron chi connectivity index (χ1n) is 10.2. The van der Waals surface area contributed by atoms with Crippen LogP contribution in [0.5, 0.6) is 0 Å². The topological polar surface area (TPSA) is 65.0 Å². The van der Waals surface area contributed by atoms with Gasteiger partial charge in [0.05, 0.1) is 5.69 Å². The number of para-hydroxylation sites is 1. The summed E-state index contributed by atoms with van der Waals surface area (Å²) in [6.45, 7) is 9.34.